The topological polar surface area (TPSA) is 63.2 Å². The van der Waals surface area contributed by atoms with Crippen molar-refractivity contribution >= 4 is 11.7 Å². The van der Waals surface area contributed by atoms with Crippen molar-refractivity contribution in [3.8, 4) is 0 Å². The highest BCUT2D eigenvalue weighted by atomic mass is 16.5. The Labute approximate surface area is 101 Å². The molecule has 2 amide bonds. The van der Waals surface area contributed by atoms with Gasteiger partial charge in [0.15, 0.2) is 0 Å². The minimum absolute atomic E-state index is 0.0224. The van der Waals surface area contributed by atoms with Crippen LogP contribution in [0, 0.1) is 0 Å². The van der Waals surface area contributed by atoms with Crippen LogP contribution < -0.4 is 10.6 Å². The predicted molar refractivity (Wildman–Crippen MR) is 64.8 cm³/mol. The Morgan fingerprint density at radius 2 is 2.53 bits per heavy atom. The molecule has 0 aromatic carbocycles. The van der Waals surface area contributed by atoms with Gasteiger partial charge in [0.1, 0.15) is 0 Å². The van der Waals surface area contributed by atoms with Crippen LogP contribution in [0.5, 0.6) is 0 Å². The van der Waals surface area contributed by atoms with Gasteiger partial charge in [0.05, 0.1) is 24.0 Å². The molecule has 2 heterocycles. The Morgan fingerprint density at radius 3 is 3.18 bits per heavy atom. The zero-order valence-electron chi connectivity index (χ0n) is 9.85. The van der Waals surface area contributed by atoms with E-state index in [9.17, 15) is 4.79 Å². The van der Waals surface area contributed by atoms with E-state index in [-0.39, 0.29) is 18.2 Å². The number of hydrogen-bond donors (Lipinski definition) is 2. The van der Waals surface area contributed by atoms with Gasteiger partial charge in [-0.3, -0.25) is 4.98 Å². The summed E-state index contributed by atoms with van der Waals surface area (Å²) in [6, 6.07) is 3.37. The third-order valence-corrected chi connectivity index (χ3v) is 2.80. The highest BCUT2D eigenvalue weighted by Gasteiger charge is 2.23. The summed E-state index contributed by atoms with van der Waals surface area (Å²) in [5, 5.41) is 5.60. The molecule has 0 saturated carbocycles. The number of hydrogen-bond acceptors (Lipinski definition) is 3. The van der Waals surface area contributed by atoms with Crippen LogP contribution in [0.2, 0.25) is 0 Å². The number of urea groups is 1. The molecule has 1 fully saturated rings. The SMILES string of the molecule is C[C@@H](NC(=O)Nc1cccnc1)[C@H]1CCCO1. The molecule has 2 rings (SSSR count). The molecule has 92 valence electrons. The highest BCUT2D eigenvalue weighted by molar-refractivity contribution is 5.89. The molecule has 1 aromatic rings. The van der Waals surface area contributed by atoms with E-state index in [1.807, 2.05) is 6.92 Å². The van der Waals surface area contributed by atoms with Gasteiger partial charge >= 0.3 is 6.03 Å². The van der Waals surface area contributed by atoms with E-state index in [2.05, 4.69) is 15.6 Å². The third-order valence-electron chi connectivity index (χ3n) is 2.80. The number of pyridine rings is 1. The first kappa shape index (κ1) is 11.9. The van der Waals surface area contributed by atoms with Gasteiger partial charge in [-0.2, -0.15) is 0 Å². The van der Waals surface area contributed by atoms with Crippen molar-refractivity contribution in [3.05, 3.63) is 24.5 Å². The summed E-state index contributed by atoms with van der Waals surface area (Å²) < 4.78 is 5.51. The van der Waals surface area contributed by atoms with Crippen molar-refractivity contribution in [2.24, 2.45) is 0 Å². The average Bonchev–Trinajstić information content (AvgIpc) is 2.83. The van der Waals surface area contributed by atoms with Crippen molar-refractivity contribution in [1.29, 1.82) is 0 Å². The second-order valence-electron chi connectivity index (χ2n) is 4.18. The van der Waals surface area contributed by atoms with Crippen LogP contribution in [0.3, 0.4) is 0 Å². The number of aromatic nitrogens is 1. The van der Waals surface area contributed by atoms with Gasteiger partial charge in [-0.15, -0.1) is 0 Å². The van der Waals surface area contributed by atoms with E-state index >= 15 is 0 Å². The lowest BCUT2D eigenvalue weighted by atomic mass is 10.1. The molecule has 0 unspecified atom stereocenters. The van der Waals surface area contributed by atoms with Crippen molar-refractivity contribution in [3.63, 3.8) is 0 Å². The fourth-order valence-electron chi connectivity index (χ4n) is 1.90. The summed E-state index contributed by atoms with van der Waals surface area (Å²) >= 11 is 0. The lowest BCUT2D eigenvalue weighted by Gasteiger charge is -2.20. The molecule has 17 heavy (non-hydrogen) atoms. The molecule has 1 aromatic heterocycles. The van der Waals surface area contributed by atoms with Crippen molar-refractivity contribution in [2.75, 3.05) is 11.9 Å². The monoisotopic (exact) mass is 235 g/mol. The number of carbonyl (C=O) groups is 1. The van der Waals surface area contributed by atoms with Crippen LogP contribution in [-0.2, 0) is 4.74 Å². The fraction of sp³-hybridized carbons (Fsp3) is 0.500. The van der Waals surface area contributed by atoms with Crippen molar-refractivity contribution in [2.45, 2.75) is 31.9 Å². The quantitative estimate of drug-likeness (QED) is 0.839. The number of nitrogens with zero attached hydrogens (tertiary/aromatic N) is 1. The first-order valence-electron chi connectivity index (χ1n) is 5.85. The maximum absolute atomic E-state index is 11.7. The van der Waals surface area contributed by atoms with Gasteiger partial charge in [0.25, 0.3) is 0 Å². The molecule has 2 atom stereocenters. The van der Waals surface area contributed by atoms with E-state index in [1.54, 1.807) is 24.5 Å². The van der Waals surface area contributed by atoms with Crippen LogP contribution >= 0.6 is 0 Å². The standard InChI is InChI=1S/C12H17N3O2/c1-9(11-5-3-7-17-11)14-12(16)15-10-4-2-6-13-8-10/h2,4,6,8-9,11H,3,5,7H2,1H3,(H2,14,15,16)/t9-,11-/m1/s1. The highest BCUT2D eigenvalue weighted by Crippen LogP contribution is 2.15. The zero-order valence-corrected chi connectivity index (χ0v) is 9.85. The number of carbonyl (C=O) groups excluding carboxylic acids is 1. The number of anilines is 1. The molecule has 1 aliphatic heterocycles. The molecule has 0 aliphatic carbocycles. The minimum atomic E-state index is -0.221. The fourth-order valence-corrected chi connectivity index (χ4v) is 1.90. The van der Waals surface area contributed by atoms with Crippen LogP contribution in [0.4, 0.5) is 10.5 Å². The summed E-state index contributed by atoms with van der Waals surface area (Å²) in [5.41, 5.74) is 0.685. The minimum Gasteiger partial charge on any atom is -0.376 e. The van der Waals surface area contributed by atoms with Gasteiger partial charge in [-0.25, -0.2) is 4.79 Å². The summed E-state index contributed by atoms with van der Waals surface area (Å²) in [6.45, 7) is 2.75. The number of rotatable bonds is 3. The maximum Gasteiger partial charge on any atom is 0.319 e. The Balaban J connectivity index is 1.80. The second-order valence-corrected chi connectivity index (χ2v) is 4.18. The Morgan fingerprint density at radius 1 is 1.65 bits per heavy atom. The molecule has 2 N–H and O–H groups in total. The largest absolute Gasteiger partial charge is 0.376 e. The van der Waals surface area contributed by atoms with Crippen LogP contribution in [0.25, 0.3) is 0 Å². The second kappa shape index (κ2) is 5.63. The predicted octanol–water partition coefficient (Wildman–Crippen LogP) is 1.77. The number of amides is 2. The van der Waals surface area contributed by atoms with Gasteiger partial charge in [0, 0.05) is 12.8 Å². The molecule has 0 spiro atoms. The van der Waals surface area contributed by atoms with E-state index in [4.69, 9.17) is 4.74 Å². The van der Waals surface area contributed by atoms with E-state index in [0.717, 1.165) is 19.4 Å². The van der Waals surface area contributed by atoms with Gasteiger partial charge in [0.2, 0.25) is 0 Å². The molecular formula is C12H17N3O2. The summed E-state index contributed by atoms with van der Waals surface area (Å²) in [7, 11) is 0. The molecule has 1 aliphatic rings. The summed E-state index contributed by atoms with van der Waals surface area (Å²) in [4.78, 5) is 15.6. The Bertz CT molecular complexity index is 363. The first-order chi connectivity index (χ1) is 8.25. The molecular weight excluding hydrogens is 218 g/mol. The summed E-state index contributed by atoms with van der Waals surface area (Å²) in [5.74, 6) is 0. The van der Waals surface area contributed by atoms with E-state index in [1.165, 1.54) is 0 Å². The smallest absolute Gasteiger partial charge is 0.319 e. The maximum atomic E-state index is 11.7. The molecule has 5 heteroatoms. The van der Waals surface area contributed by atoms with Crippen LogP contribution in [-0.4, -0.2) is 29.8 Å². The third kappa shape index (κ3) is 3.42. The first-order valence-corrected chi connectivity index (χ1v) is 5.85. The van der Waals surface area contributed by atoms with Crippen LogP contribution in [0.1, 0.15) is 19.8 Å². The Kier molecular flexibility index (Phi) is 3.93. The Hall–Kier alpha value is -1.62. The van der Waals surface area contributed by atoms with Gasteiger partial charge in [-0.05, 0) is 31.9 Å². The lowest BCUT2D eigenvalue weighted by molar-refractivity contribution is 0.0868. The van der Waals surface area contributed by atoms with Gasteiger partial charge in [-0.1, -0.05) is 0 Å². The average molecular weight is 235 g/mol. The normalized spacial score (nSPS) is 20.9. The van der Waals surface area contributed by atoms with E-state index < -0.39 is 0 Å². The van der Waals surface area contributed by atoms with E-state index in [0.29, 0.717) is 5.69 Å². The lowest BCUT2D eigenvalue weighted by Crippen LogP contribution is -2.42. The van der Waals surface area contributed by atoms with Crippen molar-refractivity contribution in [1.82, 2.24) is 10.3 Å². The molecule has 0 bridgehead atoms. The molecule has 0 radical (unpaired) electrons. The number of nitrogens with one attached hydrogen (secondary N) is 2. The zero-order chi connectivity index (χ0) is 12.1. The molecule has 1 saturated heterocycles. The van der Waals surface area contributed by atoms with Crippen LogP contribution in [0.15, 0.2) is 24.5 Å². The number of ether oxygens (including phenoxy) is 1. The molecule has 5 nitrogen and oxygen atoms in total. The van der Waals surface area contributed by atoms with Crippen molar-refractivity contribution < 1.29 is 9.53 Å². The van der Waals surface area contributed by atoms with Gasteiger partial charge < -0.3 is 15.4 Å². The summed E-state index contributed by atoms with van der Waals surface area (Å²) in [6.07, 6.45) is 5.48.